The number of ether oxygens (including phenoxy) is 3. The number of aliphatic hydroxyl groups excluding tert-OH is 7. The van der Waals surface area contributed by atoms with Crippen LogP contribution in [0.15, 0.2) is 0 Å². The fourth-order valence-electron chi connectivity index (χ4n) is 2.55. The predicted molar refractivity (Wildman–Crippen MR) is 67.5 cm³/mol. The summed E-state index contributed by atoms with van der Waals surface area (Å²) in [6, 6.07) is 0. The standard InChI is InChI=1S/C12H21FO10/c13-5-7(17)10(4(2-15)21-11(5)20)23-12-9(19)8(18)6(16)3(1-14)22-12/h3-12,14-20H,1-2H2/t3-,4-,5-,6-,7-,8+,9-,10-,11-,12+/m1/s1/i13-1. The van der Waals surface area contributed by atoms with Gasteiger partial charge in [-0.05, 0) is 0 Å². The molecule has 0 radical (unpaired) electrons. The molecule has 2 aliphatic rings. The first kappa shape index (κ1) is 18.9. The maximum Gasteiger partial charge on any atom is 0.189 e. The fraction of sp³-hybridized carbons (Fsp3) is 1.00. The van der Waals surface area contributed by atoms with Crippen molar-refractivity contribution in [2.24, 2.45) is 0 Å². The minimum Gasteiger partial charge on any atom is -0.394 e. The van der Waals surface area contributed by atoms with Crippen LogP contribution in [-0.2, 0) is 14.2 Å². The zero-order valence-electron chi connectivity index (χ0n) is 11.9. The third-order valence-corrected chi connectivity index (χ3v) is 3.94. The maximum atomic E-state index is 13.6. The molecule has 0 unspecified atom stereocenters. The van der Waals surface area contributed by atoms with Crippen LogP contribution in [0.25, 0.3) is 0 Å². The van der Waals surface area contributed by atoms with Gasteiger partial charge in [-0.3, -0.25) is 0 Å². The van der Waals surface area contributed by atoms with Crippen LogP contribution >= 0.6 is 0 Å². The van der Waals surface area contributed by atoms with Crippen LogP contribution in [-0.4, -0.2) is 110 Å². The average Bonchev–Trinajstić information content (AvgIpc) is 2.55. The summed E-state index contributed by atoms with van der Waals surface area (Å²) in [4.78, 5) is 0. The van der Waals surface area contributed by atoms with Gasteiger partial charge in [-0.25, -0.2) is 4.39 Å². The molecule has 2 fully saturated rings. The molecule has 2 saturated heterocycles. The predicted octanol–water partition coefficient (Wildman–Crippen LogP) is -4.42. The first-order valence-electron chi connectivity index (χ1n) is 7.04. The molecule has 10 atom stereocenters. The molecule has 2 rings (SSSR count). The Labute approximate surface area is 130 Å². The highest BCUT2D eigenvalue weighted by Crippen LogP contribution is 2.29. The first-order chi connectivity index (χ1) is 10.8. The third-order valence-electron chi connectivity index (χ3n) is 3.94. The summed E-state index contributed by atoms with van der Waals surface area (Å²) in [7, 11) is 0. The highest BCUT2D eigenvalue weighted by atomic mass is 18.2. The molecule has 0 amide bonds. The van der Waals surface area contributed by atoms with Crippen molar-refractivity contribution in [3.63, 3.8) is 0 Å². The Kier molecular flexibility index (Phi) is 6.24. The minimum atomic E-state index is -2.23. The summed E-state index contributed by atoms with van der Waals surface area (Å²) in [6.45, 7) is -1.43. The number of halogens is 1. The van der Waals surface area contributed by atoms with Crippen molar-refractivity contribution in [3.8, 4) is 0 Å². The van der Waals surface area contributed by atoms with E-state index in [9.17, 15) is 35.0 Å². The molecule has 0 aromatic heterocycles. The molecular formula is C12H21FO10. The number of alkyl halides is 1. The van der Waals surface area contributed by atoms with Gasteiger partial charge in [-0.1, -0.05) is 0 Å². The summed E-state index contributed by atoms with van der Waals surface area (Å²) in [5, 5.41) is 66.5. The van der Waals surface area contributed by atoms with E-state index in [1.54, 1.807) is 0 Å². The first-order valence-corrected chi connectivity index (χ1v) is 7.04. The van der Waals surface area contributed by atoms with Crippen molar-refractivity contribution in [1.82, 2.24) is 0 Å². The van der Waals surface area contributed by atoms with Gasteiger partial charge in [0.05, 0.1) is 13.2 Å². The van der Waals surface area contributed by atoms with Crippen molar-refractivity contribution in [2.75, 3.05) is 13.2 Å². The van der Waals surface area contributed by atoms with E-state index in [1.165, 1.54) is 0 Å². The Hall–Kier alpha value is -0.470. The summed E-state index contributed by atoms with van der Waals surface area (Å²) in [5.74, 6) is 0. The van der Waals surface area contributed by atoms with Gasteiger partial charge in [-0.2, -0.15) is 0 Å². The van der Waals surface area contributed by atoms with Crippen LogP contribution in [0.2, 0.25) is 0 Å². The van der Waals surface area contributed by atoms with Gasteiger partial charge in [0.2, 0.25) is 0 Å². The molecule has 136 valence electrons. The Morgan fingerprint density at radius 2 is 1.39 bits per heavy atom. The van der Waals surface area contributed by atoms with Gasteiger partial charge < -0.3 is 50.0 Å². The van der Waals surface area contributed by atoms with Crippen LogP contribution in [0.3, 0.4) is 0 Å². The monoisotopic (exact) mass is 343 g/mol. The van der Waals surface area contributed by atoms with E-state index < -0.39 is 74.7 Å². The van der Waals surface area contributed by atoms with E-state index >= 15 is 0 Å². The quantitative estimate of drug-likeness (QED) is 0.264. The smallest absolute Gasteiger partial charge is 0.189 e. The zero-order chi connectivity index (χ0) is 17.3. The van der Waals surface area contributed by atoms with Gasteiger partial charge in [-0.15, -0.1) is 0 Å². The van der Waals surface area contributed by atoms with Gasteiger partial charge in [0.15, 0.2) is 18.8 Å². The Balaban J connectivity index is 2.11. The summed E-state index contributed by atoms with van der Waals surface area (Å²) in [6.07, 6.45) is -16.9. The Bertz CT molecular complexity index is 383. The summed E-state index contributed by atoms with van der Waals surface area (Å²) in [5.41, 5.74) is 0. The lowest BCUT2D eigenvalue weighted by Crippen LogP contribution is -2.63. The summed E-state index contributed by atoms with van der Waals surface area (Å²) >= 11 is 0. The fourth-order valence-corrected chi connectivity index (χ4v) is 2.55. The maximum absolute atomic E-state index is 13.6. The van der Waals surface area contributed by atoms with Crippen molar-refractivity contribution < 1.29 is 54.3 Å². The zero-order valence-corrected chi connectivity index (χ0v) is 11.9. The normalized spacial score (nSPS) is 51.7. The molecular weight excluding hydrogens is 322 g/mol. The van der Waals surface area contributed by atoms with Crippen LogP contribution in [0.5, 0.6) is 0 Å². The van der Waals surface area contributed by atoms with E-state index in [2.05, 4.69) is 0 Å². The number of aliphatic hydroxyl groups is 7. The molecule has 7 N–H and O–H groups in total. The SMILES string of the molecule is OC[C@H]1O[C@@H](O[C@H]2[C@H](O)[C@@H]([18F])[C@H](O)O[C@@H]2CO)[C@H](O)[C@@H](O)[C@@H]1O. The molecule has 23 heavy (non-hydrogen) atoms. The van der Waals surface area contributed by atoms with Crippen LogP contribution in [0.4, 0.5) is 4.39 Å². The van der Waals surface area contributed by atoms with E-state index in [1.807, 2.05) is 0 Å². The number of hydrogen-bond donors (Lipinski definition) is 7. The highest BCUT2D eigenvalue weighted by molar-refractivity contribution is 4.93. The van der Waals surface area contributed by atoms with Crippen molar-refractivity contribution in [2.45, 2.75) is 61.5 Å². The molecule has 0 aromatic rings. The van der Waals surface area contributed by atoms with Gasteiger partial charge in [0.1, 0.15) is 42.7 Å². The lowest BCUT2D eigenvalue weighted by molar-refractivity contribution is -0.350. The van der Waals surface area contributed by atoms with E-state index in [0.717, 1.165) is 0 Å². The topological polar surface area (TPSA) is 169 Å². The van der Waals surface area contributed by atoms with Gasteiger partial charge in [0.25, 0.3) is 0 Å². The molecule has 2 heterocycles. The molecule has 11 heteroatoms. The van der Waals surface area contributed by atoms with Crippen LogP contribution in [0.1, 0.15) is 0 Å². The van der Waals surface area contributed by atoms with Crippen LogP contribution in [0, 0.1) is 0 Å². The van der Waals surface area contributed by atoms with E-state index in [4.69, 9.17) is 19.3 Å². The lowest BCUT2D eigenvalue weighted by atomic mass is 9.97. The molecule has 10 nitrogen and oxygen atoms in total. The number of hydrogen-bond acceptors (Lipinski definition) is 10. The minimum absolute atomic E-state index is 0.692. The second kappa shape index (κ2) is 7.61. The molecule has 0 bridgehead atoms. The van der Waals surface area contributed by atoms with Crippen molar-refractivity contribution >= 4 is 0 Å². The number of rotatable bonds is 4. The van der Waals surface area contributed by atoms with Gasteiger partial charge in [0, 0.05) is 0 Å². The van der Waals surface area contributed by atoms with E-state index in [-0.39, 0.29) is 0 Å². The molecule has 0 aliphatic carbocycles. The second-order valence-corrected chi connectivity index (χ2v) is 5.48. The van der Waals surface area contributed by atoms with Crippen molar-refractivity contribution in [1.29, 1.82) is 0 Å². The molecule has 0 spiro atoms. The van der Waals surface area contributed by atoms with Gasteiger partial charge >= 0.3 is 0 Å². The molecule has 0 aromatic carbocycles. The summed E-state index contributed by atoms with van der Waals surface area (Å²) < 4.78 is 28.7. The van der Waals surface area contributed by atoms with Crippen LogP contribution < -0.4 is 0 Å². The van der Waals surface area contributed by atoms with E-state index in [0.29, 0.717) is 0 Å². The lowest BCUT2D eigenvalue weighted by Gasteiger charge is -2.44. The Morgan fingerprint density at radius 1 is 0.783 bits per heavy atom. The Morgan fingerprint density at radius 3 is 1.96 bits per heavy atom. The second-order valence-electron chi connectivity index (χ2n) is 5.48. The molecule has 2 aliphatic heterocycles. The largest absolute Gasteiger partial charge is 0.394 e. The highest BCUT2D eigenvalue weighted by Gasteiger charge is 2.50. The average molecular weight is 343 g/mol. The third kappa shape index (κ3) is 3.64. The van der Waals surface area contributed by atoms with Crippen molar-refractivity contribution in [3.05, 3.63) is 0 Å². The molecule has 0 saturated carbocycles.